The molecule has 0 spiro atoms. The predicted molar refractivity (Wildman–Crippen MR) is 80.2 cm³/mol. The van der Waals surface area contributed by atoms with E-state index >= 15 is 0 Å². The summed E-state index contributed by atoms with van der Waals surface area (Å²) >= 11 is 0. The number of hydrogen-bond donors (Lipinski definition) is 2. The van der Waals surface area contributed by atoms with Gasteiger partial charge in [-0.3, -0.25) is 10.1 Å². The number of carbonyl (C=O) groups is 1. The average Bonchev–Trinajstić information content (AvgIpc) is 2.35. The van der Waals surface area contributed by atoms with E-state index in [-0.39, 0.29) is 18.0 Å². The Morgan fingerprint density at radius 2 is 1.95 bits per heavy atom. The first-order chi connectivity index (χ1) is 8.95. The quantitative estimate of drug-likeness (QED) is 0.827. The molecule has 3 nitrogen and oxygen atoms in total. The van der Waals surface area contributed by atoms with Crippen molar-refractivity contribution in [3.8, 4) is 0 Å². The number of carbonyl (C=O) groups excluding carboxylic acids is 1. The third-order valence-corrected chi connectivity index (χ3v) is 3.33. The Balaban J connectivity index is 2.63. The Kier molecular flexibility index (Phi) is 6.03. The lowest BCUT2D eigenvalue weighted by molar-refractivity contribution is -0.122. The van der Waals surface area contributed by atoms with Gasteiger partial charge in [0.1, 0.15) is 0 Å². The standard InChI is InChI=1S/C16H26N2O/c1-6-9-17-16(19)14(5)18-13(4)15-8-7-11(2)10-12(15)3/h7-8,10,13-14,18H,6,9H2,1-5H3,(H,17,19). The molecule has 0 bridgehead atoms. The molecular formula is C16H26N2O. The molecule has 0 fully saturated rings. The van der Waals surface area contributed by atoms with Crippen LogP contribution in [0.4, 0.5) is 0 Å². The van der Waals surface area contributed by atoms with Gasteiger partial charge in [0.25, 0.3) is 0 Å². The molecule has 0 saturated heterocycles. The van der Waals surface area contributed by atoms with Gasteiger partial charge in [-0.2, -0.15) is 0 Å². The third-order valence-electron chi connectivity index (χ3n) is 3.33. The number of nitrogens with one attached hydrogen (secondary N) is 2. The highest BCUT2D eigenvalue weighted by Crippen LogP contribution is 2.18. The number of benzene rings is 1. The lowest BCUT2D eigenvalue weighted by atomic mass is 10.00. The molecule has 106 valence electrons. The number of amides is 1. The molecule has 0 heterocycles. The van der Waals surface area contributed by atoms with Crippen molar-refractivity contribution in [2.24, 2.45) is 0 Å². The summed E-state index contributed by atoms with van der Waals surface area (Å²) in [6, 6.07) is 6.42. The first kappa shape index (κ1) is 15.7. The van der Waals surface area contributed by atoms with Crippen LogP contribution in [0, 0.1) is 13.8 Å². The van der Waals surface area contributed by atoms with E-state index in [0.29, 0.717) is 0 Å². The minimum Gasteiger partial charge on any atom is -0.355 e. The van der Waals surface area contributed by atoms with Gasteiger partial charge in [-0.15, -0.1) is 0 Å². The normalized spacial score (nSPS) is 13.9. The van der Waals surface area contributed by atoms with Crippen molar-refractivity contribution < 1.29 is 4.79 Å². The van der Waals surface area contributed by atoms with Gasteiger partial charge in [0.05, 0.1) is 6.04 Å². The van der Waals surface area contributed by atoms with Crippen LogP contribution < -0.4 is 10.6 Å². The highest BCUT2D eigenvalue weighted by Gasteiger charge is 2.16. The van der Waals surface area contributed by atoms with Gasteiger partial charge in [0.2, 0.25) is 5.91 Å². The molecule has 0 aliphatic rings. The number of aryl methyl sites for hydroxylation is 2. The first-order valence-electron chi connectivity index (χ1n) is 7.06. The van der Waals surface area contributed by atoms with Crippen LogP contribution in [0.15, 0.2) is 18.2 Å². The summed E-state index contributed by atoms with van der Waals surface area (Å²) in [5.41, 5.74) is 3.78. The highest BCUT2D eigenvalue weighted by molar-refractivity contribution is 5.81. The van der Waals surface area contributed by atoms with Crippen molar-refractivity contribution in [3.05, 3.63) is 34.9 Å². The molecule has 2 unspecified atom stereocenters. The minimum absolute atomic E-state index is 0.0680. The fourth-order valence-electron chi connectivity index (χ4n) is 2.25. The summed E-state index contributed by atoms with van der Waals surface area (Å²) < 4.78 is 0. The van der Waals surface area contributed by atoms with Gasteiger partial charge in [-0.25, -0.2) is 0 Å². The smallest absolute Gasteiger partial charge is 0.236 e. The Morgan fingerprint density at radius 3 is 2.53 bits per heavy atom. The Hall–Kier alpha value is -1.35. The summed E-state index contributed by atoms with van der Waals surface area (Å²) in [7, 11) is 0. The molecule has 3 heteroatoms. The molecule has 0 aliphatic carbocycles. The molecule has 0 aromatic heterocycles. The molecule has 1 rings (SSSR count). The summed E-state index contributed by atoms with van der Waals surface area (Å²) in [5, 5.41) is 6.26. The van der Waals surface area contributed by atoms with E-state index in [2.05, 4.69) is 56.5 Å². The molecule has 0 aliphatic heterocycles. The largest absolute Gasteiger partial charge is 0.355 e. The molecule has 19 heavy (non-hydrogen) atoms. The summed E-state index contributed by atoms with van der Waals surface area (Å²) in [4.78, 5) is 11.8. The van der Waals surface area contributed by atoms with Gasteiger partial charge >= 0.3 is 0 Å². The maximum absolute atomic E-state index is 11.8. The molecule has 1 aromatic carbocycles. The fourth-order valence-corrected chi connectivity index (χ4v) is 2.25. The molecular weight excluding hydrogens is 236 g/mol. The van der Waals surface area contributed by atoms with Crippen LogP contribution >= 0.6 is 0 Å². The van der Waals surface area contributed by atoms with Crippen LogP contribution in [0.25, 0.3) is 0 Å². The second kappa shape index (κ2) is 7.29. The van der Waals surface area contributed by atoms with Crippen molar-refractivity contribution in [1.29, 1.82) is 0 Å². The van der Waals surface area contributed by atoms with E-state index in [9.17, 15) is 4.79 Å². The van der Waals surface area contributed by atoms with Crippen molar-refractivity contribution in [1.82, 2.24) is 10.6 Å². The minimum atomic E-state index is -0.178. The highest BCUT2D eigenvalue weighted by atomic mass is 16.2. The monoisotopic (exact) mass is 262 g/mol. The van der Waals surface area contributed by atoms with Crippen LogP contribution in [-0.2, 0) is 4.79 Å². The molecule has 1 aromatic rings. The van der Waals surface area contributed by atoms with Crippen LogP contribution in [-0.4, -0.2) is 18.5 Å². The van der Waals surface area contributed by atoms with Crippen LogP contribution in [0.2, 0.25) is 0 Å². The molecule has 2 atom stereocenters. The average molecular weight is 262 g/mol. The van der Waals surface area contributed by atoms with Gasteiger partial charge in [-0.1, -0.05) is 30.7 Å². The van der Waals surface area contributed by atoms with Crippen LogP contribution in [0.3, 0.4) is 0 Å². The first-order valence-corrected chi connectivity index (χ1v) is 7.06. The summed E-state index contributed by atoms with van der Waals surface area (Å²) in [6.07, 6.45) is 0.963. The van der Waals surface area contributed by atoms with E-state index in [1.165, 1.54) is 16.7 Å². The van der Waals surface area contributed by atoms with E-state index in [1.807, 2.05) is 6.92 Å². The zero-order valence-electron chi connectivity index (χ0n) is 12.7. The number of hydrogen-bond acceptors (Lipinski definition) is 2. The summed E-state index contributed by atoms with van der Waals surface area (Å²) in [6.45, 7) is 11.0. The molecule has 0 saturated carbocycles. The van der Waals surface area contributed by atoms with Crippen molar-refractivity contribution >= 4 is 5.91 Å². The van der Waals surface area contributed by atoms with Gasteiger partial charge in [0.15, 0.2) is 0 Å². The maximum Gasteiger partial charge on any atom is 0.236 e. The van der Waals surface area contributed by atoms with Gasteiger partial charge in [-0.05, 0) is 45.2 Å². The lowest BCUT2D eigenvalue weighted by Gasteiger charge is -2.21. The Bertz CT molecular complexity index is 429. The second-order valence-electron chi connectivity index (χ2n) is 5.26. The van der Waals surface area contributed by atoms with E-state index in [0.717, 1.165) is 13.0 Å². The Labute approximate surface area is 116 Å². The molecule has 2 N–H and O–H groups in total. The second-order valence-corrected chi connectivity index (χ2v) is 5.26. The molecule has 0 radical (unpaired) electrons. The SMILES string of the molecule is CCCNC(=O)C(C)NC(C)c1ccc(C)cc1C. The predicted octanol–water partition coefficient (Wildman–Crippen LogP) is 2.87. The zero-order chi connectivity index (χ0) is 14.4. The van der Waals surface area contributed by atoms with Crippen LogP contribution in [0.5, 0.6) is 0 Å². The third kappa shape index (κ3) is 4.67. The maximum atomic E-state index is 11.8. The number of rotatable bonds is 6. The van der Waals surface area contributed by atoms with Crippen molar-refractivity contribution in [2.45, 2.75) is 53.1 Å². The Morgan fingerprint density at radius 1 is 1.26 bits per heavy atom. The fraction of sp³-hybridized carbons (Fsp3) is 0.562. The van der Waals surface area contributed by atoms with Gasteiger partial charge < -0.3 is 5.32 Å². The van der Waals surface area contributed by atoms with E-state index < -0.39 is 0 Å². The lowest BCUT2D eigenvalue weighted by Crippen LogP contribution is -2.43. The van der Waals surface area contributed by atoms with Crippen molar-refractivity contribution in [3.63, 3.8) is 0 Å². The van der Waals surface area contributed by atoms with E-state index in [1.54, 1.807) is 0 Å². The summed E-state index contributed by atoms with van der Waals surface area (Å²) in [5.74, 6) is 0.0680. The van der Waals surface area contributed by atoms with Gasteiger partial charge in [0, 0.05) is 12.6 Å². The van der Waals surface area contributed by atoms with Crippen LogP contribution in [0.1, 0.15) is 49.9 Å². The molecule has 1 amide bonds. The van der Waals surface area contributed by atoms with Crippen molar-refractivity contribution in [2.75, 3.05) is 6.54 Å². The van der Waals surface area contributed by atoms with E-state index in [4.69, 9.17) is 0 Å². The topological polar surface area (TPSA) is 41.1 Å². The zero-order valence-corrected chi connectivity index (χ0v) is 12.7.